The van der Waals surface area contributed by atoms with Crippen molar-refractivity contribution in [2.24, 2.45) is 0 Å². The topological polar surface area (TPSA) is 38.1 Å². The van der Waals surface area contributed by atoms with E-state index in [0.717, 1.165) is 28.4 Å². The third kappa shape index (κ3) is 4.16. The van der Waals surface area contributed by atoms with Crippen LogP contribution in [-0.4, -0.2) is 15.7 Å². The van der Waals surface area contributed by atoms with Crippen molar-refractivity contribution >= 4 is 22.9 Å². The van der Waals surface area contributed by atoms with Crippen LogP contribution >= 0.6 is 11.3 Å². The van der Waals surface area contributed by atoms with Gasteiger partial charge in [0.1, 0.15) is 11.6 Å². The molecular formula is C19H19F2N3OS. The second-order valence-corrected chi connectivity index (χ2v) is 7.09. The summed E-state index contributed by atoms with van der Waals surface area (Å²) in [4.78, 5) is 15.1. The highest BCUT2D eigenvalue weighted by molar-refractivity contribution is 7.09. The first-order chi connectivity index (χ1) is 12.4. The Morgan fingerprint density at radius 3 is 2.65 bits per heavy atom. The van der Waals surface area contributed by atoms with Gasteiger partial charge >= 0.3 is 0 Å². The van der Waals surface area contributed by atoms with Gasteiger partial charge in [-0.15, -0.1) is 11.3 Å². The standard InChI is InChI=1S/C19H19F2N3OS/c1-13-10-14(2)24(22-13)8-7-19(25)23(12-16-4-3-9-26-16)18-6-5-15(20)11-17(18)21/h3-6,9-11H,7-8,12H2,1-2H3. The molecule has 0 radical (unpaired) electrons. The lowest BCUT2D eigenvalue weighted by atomic mass is 10.2. The van der Waals surface area contributed by atoms with E-state index in [9.17, 15) is 13.6 Å². The first kappa shape index (κ1) is 18.3. The average molecular weight is 375 g/mol. The molecule has 0 aliphatic rings. The number of hydrogen-bond acceptors (Lipinski definition) is 3. The lowest BCUT2D eigenvalue weighted by Gasteiger charge is -2.23. The number of hydrogen-bond donors (Lipinski definition) is 0. The summed E-state index contributed by atoms with van der Waals surface area (Å²) in [5.74, 6) is -1.66. The van der Waals surface area contributed by atoms with Gasteiger partial charge in [0.25, 0.3) is 0 Å². The summed E-state index contributed by atoms with van der Waals surface area (Å²) in [6, 6.07) is 8.96. The number of carbonyl (C=O) groups excluding carboxylic acids is 1. The van der Waals surface area contributed by atoms with Crippen molar-refractivity contribution in [1.29, 1.82) is 0 Å². The molecule has 0 aliphatic carbocycles. The lowest BCUT2D eigenvalue weighted by molar-refractivity contribution is -0.119. The minimum Gasteiger partial charge on any atom is -0.304 e. The number of nitrogens with zero attached hydrogens (tertiary/aromatic N) is 3. The van der Waals surface area contributed by atoms with Gasteiger partial charge in [-0.25, -0.2) is 8.78 Å². The molecule has 136 valence electrons. The second kappa shape index (κ2) is 7.78. The van der Waals surface area contributed by atoms with Gasteiger partial charge in [-0.2, -0.15) is 5.10 Å². The number of aryl methyl sites for hydroxylation is 3. The van der Waals surface area contributed by atoms with Gasteiger partial charge in [0.2, 0.25) is 5.91 Å². The zero-order valence-corrected chi connectivity index (χ0v) is 15.4. The summed E-state index contributed by atoms with van der Waals surface area (Å²) in [6.07, 6.45) is 0.171. The SMILES string of the molecule is Cc1cc(C)n(CCC(=O)N(Cc2cccs2)c2ccc(F)cc2F)n1. The quantitative estimate of drug-likeness (QED) is 0.638. The van der Waals surface area contributed by atoms with Crippen molar-refractivity contribution in [1.82, 2.24) is 9.78 Å². The summed E-state index contributed by atoms with van der Waals surface area (Å²) in [5.41, 5.74) is 1.93. The average Bonchev–Trinajstić information content (AvgIpc) is 3.20. The molecule has 1 aromatic carbocycles. The first-order valence-electron chi connectivity index (χ1n) is 8.23. The molecule has 0 fully saturated rings. The molecule has 0 bridgehead atoms. The maximum absolute atomic E-state index is 14.3. The summed E-state index contributed by atoms with van der Waals surface area (Å²) < 4.78 is 29.3. The number of halogens is 2. The number of anilines is 1. The fourth-order valence-electron chi connectivity index (χ4n) is 2.80. The van der Waals surface area contributed by atoms with Gasteiger partial charge in [0.05, 0.1) is 17.9 Å². The maximum Gasteiger partial charge on any atom is 0.229 e. The van der Waals surface area contributed by atoms with E-state index < -0.39 is 11.6 Å². The van der Waals surface area contributed by atoms with Gasteiger partial charge < -0.3 is 4.90 Å². The number of rotatable bonds is 6. The van der Waals surface area contributed by atoms with Crippen molar-refractivity contribution in [2.75, 3.05) is 4.90 Å². The lowest BCUT2D eigenvalue weighted by Crippen LogP contribution is -2.31. The van der Waals surface area contributed by atoms with Gasteiger partial charge in [-0.1, -0.05) is 6.07 Å². The highest BCUT2D eigenvalue weighted by Gasteiger charge is 2.20. The third-order valence-electron chi connectivity index (χ3n) is 4.04. The van der Waals surface area contributed by atoms with Crippen LogP contribution in [0.25, 0.3) is 0 Å². The van der Waals surface area contributed by atoms with Crippen LogP contribution in [0.4, 0.5) is 14.5 Å². The van der Waals surface area contributed by atoms with E-state index in [-0.39, 0.29) is 24.6 Å². The molecule has 3 rings (SSSR count). The van der Waals surface area contributed by atoms with Crippen molar-refractivity contribution in [3.8, 4) is 0 Å². The molecule has 3 aromatic rings. The maximum atomic E-state index is 14.3. The van der Waals surface area contributed by atoms with Gasteiger partial charge in [-0.3, -0.25) is 9.48 Å². The van der Waals surface area contributed by atoms with Crippen molar-refractivity contribution in [3.63, 3.8) is 0 Å². The van der Waals surface area contributed by atoms with E-state index in [2.05, 4.69) is 5.10 Å². The third-order valence-corrected chi connectivity index (χ3v) is 4.90. The van der Waals surface area contributed by atoms with Crippen molar-refractivity contribution < 1.29 is 13.6 Å². The van der Waals surface area contributed by atoms with Crippen LogP contribution in [0.1, 0.15) is 22.7 Å². The number of benzene rings is 1. The summed E-state index contributed by atoms with van der Waals surface area (Å²) in [5, 5.41) is 6.24. The summed E-state index contributed by atoms with van der Waals surface area (Å²) in [6.45, 7) is 4.47. The van der Waals surface area contributed by atoms with Gasteiger partial charge in [-0.05, 0) is 43.5 Å². The molecule has 26 heavy (non-hydrogen) atoms. The monoisotopic (exact) mass is 375 g/mol. The number of carbonyl (C=O) groups is 1. The minimum absolute atomic E-state index is 0.0816. The Kier molecular flexibility index (Phi) is 5.46. The molecule has 0 unspecified atom stereocenters. The predicted octanol–water partition coefficient (Wildman–Crippen LogP) is 4.46. The number of amides is 1. The van der Waals surface area contributed by atoms with E-state index >= 15 is 0 Å². The molecule has 0 N–H and O–H groups in total. The number of thiophene rings is 1. The van der Waals surface area contributed by atoms with E-state index in [1.165, 1.54) is 22.3 Å². The van der Waals surface area contributed by atoms with E-state index in [1.54, 1.807) is 4.68 Å². The Balaban J connectivity index is 1.82. The van der Waals surface area contributed by atoms with Crippen LogP contribution < -0.4 is 4.90 Å². The van der Waals surface area contributed by atoms with Crippen molar-refractivity contribution in [2.45, 2.75) is 33.4 Å². The Morgan fingerprint density at radius 1 is 1.23 bits per heavy atom. The Morgan fingerprint density at radius 2 is 2.04 bits per heavy atom. The number of aromatic nitrogens is 2. The minimum atomic E-state index is -0.749. The molecule has 0 saturated carbocycles. The summed E-state index contributed by atoms with van der Waals surface area (Å²) >= 11 is 1.48. The van der Waals surface area contributed by atoms with Crippen molar-refractivity contribution in [3.05, 3.63) is 69.7 Å². The van der Waals surface area contributed by atoms with E-state index in [1.807, 2.05) is 37.4 Å². The van der Waals surface area contributed by atoms with E-state index in [0.29, 0.717) is 6.54 Å². The molecule has 2 heterocycles. The molecular weight excluding hydrogens is 356 g/mol. The Hall–Kier alpha value is -2.54. The first-order valence-corrected chi connectivity index (χ1v) is 9.11. The van der Waals surface area contributed by atoms with Crippen LogP contribution in [0.2, 0.25) is 0 Å². The molecule has 1 amide bonds. The van der Waals surface area contributed by atoms with Crippen LogP contribution in [-0.2, 0) is 17.9 Å². The molecule has 0 saturated heterocycles. The molecule has 0 aliphatic heterocycles. The largest absolute Gasteiger partial charge is 0.304 e. The molecule has 2 aromatic heterocycles. The van der Waals surface area contributed by atoms with Gasteiger partial charge in [0, 0.05) is 29.6 Å². The highest BCUT2D eigenvalue weighted by atomic mass is 32.1. The molecule has 4 nitrogen and oxygen atoms in total. The van der Waals surface area contributed by atoms with Crippen LogP contribution in [0.15, 0.2) is 41.8 Å². The summed E-state index contributed by atoms with van der Waals surface area (Å²) in [7, 11) is 0. The van der Waals surface area contributed by atoms with Crippen LogP contribution in [0.5, 0.6) is 0 Å². The van der Waals surface area contributed by atoms with Gasteiger partial charge in [0.15, 0.2) is 0 Å². The zero-order valence-electron chi connectivity index (χ0n) is 14.6. The smallest absolute Gasteiger partial charge is 0.229 e. The second-order valence-electron chi connectivity index (χ2n) is 6.06. The fraction of sp³-hybridized carbons (Fsp3) is 0.263. The van der Waals surface area contributed by atoms with E-state index in [4.69, 9.17) is 0 Å². The van der Waals surface area contributed by atoms with Crippen LogP contribution in [0.3, 0.4) is 0 Å². The Labute approximate surface area is 154 Å². The fourth-order valence-corrected chi connectivity index (χ4v) is 3.50. The highest BCUT2D eigenvalue weighted by Crippen LogP contribution is 2.24. The molecule has 0 spiro atoms. The predicted molar refractivity (Wildman–Crippen MR) is 98.2 cm³/mol. The van der Waals surface area contributed by atoms with Crippen LogP contribution in [0, 0.1) is 25.5 Å². The molecule has 7 heteroatoms. The molecule has 0 atom stereocenters. The zero-order chi connectivity index (χ0) is 18.7. The Bertz CT molecular complexity index is 906. The normalized spacial score (nSPS) is 10.9.